The summed E-state index contributed by atoms with van der Waals surface area (Å²) in [5.41, 5.74) is 10.3. The minimum Gasteiger partial charge on any atom is -0.368 e. The van der Waals surface area contributed by atoms with Crippen LogP contribution in [-0.4, -0.2) is 27.3 Å². The number of urea groups is 1. The molecule has 0 saturated heterocycles. The summed E-state index contributed by atoms with van der Waals surface area (Å²) >= 11 is 4.87. The van der Waals surface area contributed by atoms with Crippen LogP contribution in [0.3, 0.4) is 0 Å². The van der Waals surface area contributed by atoms with Gasteiger partial charge in [-0.2, -0.15) is 0 Å². The second-order valence-corrected chi connectivity index (χ2v) is 2.72. The van der Waals surface area contributed by atoms with Gasteiger partial charge in [0.2, 0.25) is 5.95 Å². The summed E-state index contributed by atoms with van der Waals surface area (Å²) in [5, 5.41) is 8.63. The standard InChI is InChI=1S/C5H10N6OS/c6-3-9-10-5(13)11(3)2-1-8-4(7)12/h1-2H2,(H2,6,9)(H,10,13)(H3,7,8,12). The summed E-state index contributed by atoms with van der Waals surface area (Å²) in [6.45, 7) is 0.817. The molecule has 1 aromatic rings. The van der Waals surface area contributed by atoms with Crippen molar-refractivity contribution in [3.05, 3.63) is 4.77 Å². The van der Waals surface area contributed by atoms with Crippen molar-refractivity contribution in [2.24, 2.45) is 5.73 Å². The van der Waals surface area contributed by atoms with Crippen LogP contribution < -0.4 is 16.8 Å². The van der Waals surface area contributed by atoms with Crippen molar-refractivity contribution >= 4 is 24.2 Å². The SMILES string of the molecule is NC(=O)NCCn1c(N)n[nH]c1=S. The molecule has 8 heteroatoms. The van der Waals surface area contributed by atoms with Crippen LogP contribution in [0.15, 0.2) is 0 Å². The van der Waals surface area contributed by atoms with E-state index in [0.29, 0.717) is 17.9 Å². The second kappa shape index (κ2) is 3.90. The first kappa shape index (κ1) is 9.52. The highest BCUT2D eigenvalue weighted by molar-refractivity contribution is 7.71. The number of nitrogens with two attached hydrogens (primary N) is 2. The minimum absolute atomic E-state index is 0.288. The number of H-pyrrole nitrogens is 1. The monoisotopic (exact) mass is 202 g/mol. The van der Waals surface area contributed by atoms with Crippen molar-refractivity contribution in [2.75, 3.05) is 12.3 Å². The normalized spacial score (nSPS) is 9.85. The lowest BCUT2D eigenvalue weighted by molar-refractivity contribution is 0.248. The molecule has 72 valence electrons. The second-order valence-electron chi connectivity index (χ2n) is 2.33. The Kier molecular flexibility index (Phi) is 2.85. The van der Waals surface area contributed by atoms with Crippen molar-refractivity contribution < 1.29 is 4.79 Å². The van der Waals surface area contributed by atoms with Crippen LogP contribution in [0.1, 0.15) is 0 Å². The van der Waals surface area contributed by atoms with E-state index in [0.717, 1.165) is 0 Å². The van der Waals surface area contributed by atoms with E-state index in [2.05, 4.69) is 15.5 Å². The molecule has 0 aliphatic heterocycles. The number of aromatic nitrogens is 3. The molecular formula is C5H10N6OS. The number of hydrogen-bond acceptors (Lipinski definition) is 4. The van der Waals surface area contributed by atoms with E-state index in [1.54, 1.807) is 4.57 Å². The highest BCUT2D eigenvalue weighted by atomic mass is 32.1. The molecule has 0 fully saturated rings. The molecule has 0 atom stereocenters. The summed E-state index contributed by atoms with van der Waals surface area (Å²) in [4.78, 5) is 10.3. The predicted octanol–water partition coefficient (Wildman–Crippen LogP) is -0.809. The van der Waals surface area contributed by atoms with Gasteiger partial charge < -0.3 is 16.8 Å². The van der Waals surface area contributed by atoms with Crippen LogP contribution in [0.25, 0.3) is 0 Å². The van der Waals surface area contributed by atoms with Gasteiger partial charge in [-0.3, -0.25) is 4.57 Å². The van der Waals surface area contributed by atoms with Gasteiger partial charge in [-0.1, -0.05) is 0 Å². The number of anilines is 1. The van der Waals surface area contributed by atoms with Crippen molar-refractivity contribution in [3.8, 4) is 0 Å². The Morgan fingerprint density at radius 1 is 1.77 bits per heavy atom. The maximum absolute atomic E-state index is 10.3. The van der Waals surface area contributed by atoms with Crippen LogP contribution in [0.4, 0.5) is 10.7 Å². The van der Waals surface area contributed by atoms with Gasteiger partial charge in [-0.05, 0) is 12.2 Å². The Morgan fingerprint density at radius 2 is 2.46 bits per heavy atom. The average Bonchev–Trinajstić information content (AvgIpc) is 2.34. The zero-order valence-electron chi connectivity index (χ0n) is 6.78. The summed E-state index contributed by atoms with van der Waals surface area (Å²) in [7, 11) is 0. The molecule has 0 aromatic carbocycles. The Labute approximate surface area is 79.1 Å². The van der Waals surface area contributed by atoms with Crippen LogP contribution in [0, 0.1) is 4.77 Å². The van der Waals surface area contributed by atoms with Crippen LogP contribution in [0.2, 0.25) is 0 Å². The molecule has 0 bridgehead atoms. The third-order valence-corrected chi connectivity index (χ3v) is 1.73. The van der Waals surface area contributed by atoms with Gasteiger partial charge in [-0.25, -0.2) is 9.89 Å². The number of amides is 2. The highest BCUT2D eigenvalue weighted by Gasteiger charge is 2.00. The molecule has 7 nitrogen and oxygen atoms in total. The number of primary amides is 1. The van der Waals surface area contributed by atoms with Gasteiger partial charge in [0.05, 0.1) is 0 Å². The fourth-order valence-corrected chi connectivity index (χ4v) is 1.07. The number of carbonyl (C=O) groups excluding carboxylic acids is 1. The largest absolute Gasteiger partial charge is 0.368 e. The van der Waals surface area contributed by atoms with Crippen molar-refractivity contribution in [1.29, 1.82) is 0 Å². The van der Waals surface area contributed by atoms with Gasteiger partial charge in [0.25, 0.3) is 0 Å². The van der Waals surface area contributed by atoms with Gasteiger partial charge in [-0.15, -0.1) is 5.10 Å². The van der Waals surface area contributed by atoms with Crippen molar-refractivity contribution in [1.82, 2.24) is 20.1 Å². The lowest BCUT2D eigenvalue weighted by Crippen LogP contribution is -2.32. The number of hydrogen-bond donors (Lipinski definition) is 4. The third-order valence-electron chi connectivity index (χ3n) is 1.42. The van der Waals surface area contributed by atoms with E-state index in [9.17, 15) is 4.79 Å². The molecule has 0 unspecified atom stereocenters. The Morgan fingerprint density at radius 3 is 2.92 bits per heavy atom. The number of nitrogen functional groups attached to an aromatic ring is 1. The van der Waals surface area contributed by atoms with Crippen molar-refractivity contribution in [2.45, 2.75) is 6.54 Å². The smallest absolute Gasteiger partial charge is 0.312 e. The number of carbonyl (C=O) groups is 1. The van der Waals surface area contributed by atoms with E-state index < -0.39 is 6.03 Å². The first-order valence-corrected chi connectivity index (χ1v) is 3.96. The molecular weight excluding hydrogens is 192 g/mol. The molecule has 0 saturated carbocycles. The molecule has 13 heavy (non-hydrogen) atoms. The zero-order valence-corrected chi connectivity index (χ0v) is 7.60. The average molecular weight is 202 g/mol. The fraction of sp³-hybridized carbons (Fsp3) is 0.400. The van der Waals surface area contributed by atoms with Gasteiger partial charge >= 0.3 is 6.03 Å². The summed E-state index contributed by atoms with van der Waals surface area (Å²) < 4.78 is 1.98. The molecule has 0 spiro atoms. The minimum atomic E-state index is -0.575. The third kappa shape index (κ3) is 2.44. The molecule has 1 aromatic heterocycles. The van der Waals surface area contributed by atoms with E-state index in [4.69, 9.17) is 23.7 Å². The number of nitrogens with zero attached hydrogens (tertiary/aromatic N) is 2. The first-order chi connectivity index (χ1) is 6.11. The van der Waals surface area contributed by atoms with E-state index in [-0.39, 0.29) is 5.95 Å². The molecule has 0 aliphatic rings. The maximum atomic E-state index is 10.3. The number of rotatable bonds is 3. The Hall–Kier alpha value is -1.57. The number of nitrogens with one attached hydrogen (secondary N) is 2. The predicted molar refractivity (Wildman–Crippen MR) is 49.4 cm³/mol. The maximum Gasteiger partial charge on any atom is 0.312 e. The lowest BCUT2D eigenvalue weighted by atomic mass is 10.6. The Balaban J connectivity index is 2.54. The topological polar surface area (TPSA) is 115 Å². The summed E-state index contributed by atoms with van der Waals surface area (Å²) in [5.74, 6) is 0.288. The highest BCUT2D eigenvalue weighted by Crippen LogP contribution is 1.96. The summed E-state index contributed by atoms with van der Waals surface area (Å²) in [6.07, 6.45) is 0. The van der Waals surface area contributed by atoms with E-state index in [1.807, 2.05) is 0 Å². The molecule has 2 amide bonds. The fourth-order valence-electron chi connectivity index (χ4n) is 0.837. The molecule has 0 aliphatic carbocycles. The summed E-state index contributed by atoms with van der Waals surface area (Å²) in [6, 6.07) is -0.575. The van der Waals surface area contributed by atoms with Crippen molar-refractivity contribution in [3.63, 3.8) is 0 Å². The molecule has 1 rings (SSSR count). The van der Waals surface area contributed by atoms with Crippen LogP contribution >= 0.6 is 12.2 Å². The first-order valence-electron chi connectivity index (χ1n) is 3.55. The van der Waals surface area contributed by atoms with Gasteiger partial charge in [0, 0.05) is 13.1 Å². The van der Waals surface area contributed by atoms with Crippen LogP contribution in [0.5, 0.6) is 0 Å². The zero-order chi connectivity index (χ0) is 9.84. The van der Waals surface area contributed by atoms with Gasteiger partial charge in [0.1, 0.15) is 0 Å². The van der Waals surface area contributed by atoms with Crippen LogP contribution in [-0.2, 0) is 6.54 Å². The molecule has 1 heterocycles. The lowest BCUT2D eigenvalue weighted by Gasteiger charge is -2.03. The van der Waals surface area contributed by atoms with E-state index >= 15 is 0 Å². The number of aromatic amines is 1. The van der Waals surface area contributed by atoms with Gasteiger partial charge in [0.15, 0.2) is 4.77 Å². The molecule has 6 N–H and O–H groups in total. The molecule has 0 radical (unpaired) electrons. The Bertz CT molecular complexity index is 354. The quantitative estimate of drug-likeness (QED) is 0.480. The van der Waals surface area contributed by atoms with E-state index in [1.165, 1.54) is 0 Å².